The predicted octanol–water partition coefficient (Wildman–Crippen LogP) is 5.81. The number of aliphatic hydroxyl groups excluding tert-OH is 1. The summed E-state index contributed by atoms with van der Waals surface area (Å²) in [6, 6.07) is 17.1. The Morgan fingerprint density at radius 2 is 1.83 bits per heavy atom. The van der Waals surface area contributed by atoms with Gasteiger partial charge in [-0.1, -0.05) is 41.6 Å². The zero-order chi connectivity index (χ0) is 25.5. The quantitative estimate of drug-likeness (QED) is 0.228. The Bertz CT molecular complexity index is 1440. The molecule has 8 nitrogen and oxygen atoms in total. The molecule has 0 aliphatic carbocycles. The Balaban J connectivity index is 1.66. The normalized spacial score (nSPS) is 10.5. The third kappa shape index (κ3) is 5.33. The fourth-order valence-corrected chi connectivity index (χ4v) is 4.35. The van der Waals surface area contributed by atoms with E-state index in [1.807, 2.05) is 31.2 Å². The third-order valence-corrected chi connectivity index (χ3v) is 6.24. The largest absolute Gasteiger partial charge is 0.491 e. The van der Waals surface area contributed by atoms with Crippen molar-refractivity contribution in [1.82, 2.24) is 9.97 Å². The number of oxazole rings is 1. The molecule has 4 aromatic rings. The molecule has 2 heterocycles. The Labute approximate surface area is 213 Å². The Kier molecular flexibility index (Phi) is 7.86. The van der Waals surface area contributed by atoms with Crippen molar-refractivity contribution in [3.05, 3.63) is 83.0 Å². The molecule has 0 aliphatic rings. The smallest absolute Gasteiger partial charge is 0.256 e. The van der Waals surface area contributed by atoms with Crippen molar-refractivity contribution in [3.8, 4) is 40.3 Å². The van der Waals surface area contributed by atoms with Crippen molar-refractivity contribution in [2.24, 2.45) is 0 Å². The fraction of sp³-hybridized carbons (Fsp3) is 0.185. The Hall–Kier alpha value is -4.31. The summed E-state index contributed by atoms with van der Waals surface area (Å²) in [5, 5.41) is 19.4. The average molecular weight is 499 g/mol. The third-order valence-electron chi connectivity index (χ3n) is 5.23. The lowest BCUT2D eigenvalue weighted by molar-refractivity contribution is 0.201. The van der Waals surface area contributed by atoms with Gasteiger partial charge >= 0.3 is 0 Å². The first-order valence-corrected chi connectivity index (χ1v) is 11.9. The highest BCUT2D eigenvalue weighted by molar-refractivity contribution is 7.98. The SMILES string of the molecule is [C-]#[N+]c1c(OC)nc(SCc2coc(-c3ccc(C)cc3)n2)c(C#N)c1-c1ccc(OCCO)cc1. The lowest BCUT2D eigenvalue weighted by Gasteiger charge is -2.14. The molecule has 4 rings (SSSR count). The van der Waals surface area contributed by atoms with Crippen LogP contribution in [0.4, 0.5) is 5.69 Å². The molecular formula is C27H22N4O4S. The lowest BCUT2D eigenvalue weighted by Crippen LogP contribution is -2.01. The zero-order valence-corrected chi connectivity index (χ0v) is 20.5. The second kappa shape index (κ2) is 11.4. The minimum atomic E-state index is -0.0949. The van der Waals surface area contributed by atoms with Gasteiger partial charge in [0.2, 0.25) is 11.8 Å². The minimum absolute atomic E-state index is 0.0949. The second-order valence-corrected chi connectivity index (χ2v) is 8.61. The van der Waals surface area contributed by atoms with Gasteiger partial charge in [0.15, 0.2) is 0 Å². The molecule has 1 N–H and O–H groups in total. The molecule has 0 bridgehead atoms. The first-order valence-electron chi connectivity index (χ1n) is 11.0. The Morgan fingerprint density at radius 3 is 2.47 bits per heavy atom. The maximum absolute atomic E-state index is 10.1. The summed E-state index contributed by atoms with van der Waals surface area (Å²) in [7, 11) is 1.44. The highest BCUT2D eigenvalue weighted by Gasteiger charge is 2.23. The monoisotopic (exact) mass is 498 g/mol. The fourth-order valence-electron chi connectivity index (χ4n) is 3.49. The van der Waals surface area contributed by atoms with Gasteiger partial charge in [-0.15, -0.1) is 0 Å². The number of pyridine rings is 1. The molecule has 0 fully saturated rings. The molecule has 0 radical (unpaired) electrons. The summed E-state index contributed by atoms with van der Waals surface area (Å²) in [5.74, 6) is 1.64. The maximum atomic E-state index is 10.1. The number of nitrogens with zero attached hydrogens (tertiary/aromatic N) is 4. The van der Waals surface area contributed by atoms with E-state index >= 15 is 0 Å². The van der Waals surface area contributed by atoms with Crippen LogP contribution < -0.4 is 9.47 Å². The van der Waals surface area contributed by atoms with Crippen molar-refractivity contribution < 1.29 is 19.0 Å². The van der Waals surface area contributed by atoms with Crippen LogP contribution in [0.3, 0.4) is 0 Å². The first-order chi connectivity index (χ1) is 17.6. The average Bonchev–Trinajstić information content (AvgIpc) is 3.39. The standard InChI is InChI=1S/C27H22N4O4S/c1-17-4-6-19(7-5-17)25-30-20(15-35-25)16-36-27-22(14-28)23(24(29-2)26(31-27)33-3)18-8-10-21(11-9-18)34-13-12-32/h4-11,15,32H,12-13,16H2,1,3H3. The van der Waals surface area contributed by atoms with Crippen molar-refractivity contribution in [3.63, 3.8) is 0 Å². The number of ether oxygens (including phenoxy) is 2. The minimum Gasteiger partial charge on any atom is -0.491 e. The molecule has 2 aromatic heterocycles. The molecule has 0 spiro atoms. The number of methoxy groups -OCH3 is 1. The summed E-state index contributed by atoms with van der Waals surface area (Å²) in [4.78, 5) is 12.6. The number of nitriles is 1. The van der Waals surface area contributed by atoms with Crippen molar-refractivity contribution in [2.45, 2.75) is 17.7 Å². The van der Waals surface area contributed by atoms with E-state index < -0.39 is 0 Å². The van der Waals surface area contributed by atoms with E-state index in [0.717, 1.165) is 11.1 Å². The van der Waals surface area contributed by atoms with Gasteiger partial charge < -0.3 is 19.0 Å². The number of aryl methyl sites for hydroxylation is 1. The molecule has 9 heteroatoms. The summed E-state index contributed by atoms with van der Waals surface area (Å²) in [6.45, 7) is 9.80. The van der Waals surface area contributed by atoms with Gasteiger partial charge in [0.1, 0.15) is 29.7 Å². The van der Waals surface area contributed by atoms with Crippen molar-refractivity contribution in [1.29, 1.82) is 5.26 Å². The van der Waals surface area contributed by atoms with Crippen molar-refractivity contribution >= 4 is 17.4 Å². The Morgan fingerprint density at radius 1 is 1.11 bits per heavy atom. The summed E-state index contributed by atoms with van der Waals surface area (Å²) >= 11 is 1.32. The van der Waals surface area contributed by atoms with E-state index in [-0.39, 0.29) is 30.3 Å². The number of aliphatic hydroxyl groups is 1. The molecule has 180 valence electrons. The van der Waals surface area contributed by atoms with Crippen LogP contribution in [0.1, 0.15) is 16.8 Å². The van der Waals surface area contributed by atoms with E-state index in [4.69, 9.17) is 25.6 Å². The highest BCUT2D eigenvalue weighted by Crippen LogP contribution is 2.44. The summed E-state index contributed by atoms with van der Waals surface area (Å²) < 4.78 is 16.5. The van der Waals surface area contributed by atoms with Gasteiger partial charge in [-0.05, 0) is 36.8 Å². The molecule has 0 unspecified atom stereocenters. The van der Waals surface area contributed by atoms with Gasteiger partial charge in [-0.25, -0.2) is 14.8 Å². The molecule has 36 heavy (non-hydrogen) atoms. The van der Waals surface area contributed by atoms with Gasteiger partial charge in [0.05, 0.1) is 31.5 Å². The van der Waals surface area contributed by atoms with Crippen LogP contribution in [0, 0.1) is 24.8 Å². The van der Waals surface area contributed by atoms with Crippen LogP contribution in [0.25, 0.3) is 27.4 Å². The van der Waals surface area contributed by atoms with Gasteiger partial charge in [-0.3, -0.25) is 0 Å². The maximum Gasteiger partial charge on any atom is 0.256 e. The number of hydrogen-bond donors (Lipinski definition) is 1. The van der Waals surface area contributed by atoms with Gasteiger partial charge in [0.25, 0.3) is 5.69 Å². The summed E-state index contributed by atoms with van der Waals surface area (Å²) in [5.41, 5.74) is 4.25. The number of thioether (sulfide) groups is 1. The molecule has 0 saturated heterocycles. The van der Waals surface area contributed by atoms with Gasteiger partial charge in [0, 0.05) is 16.9 Å². The lowest BCUT2D eigenvalue weighted by atomic mass is 10.00. The topological polar surface area (TPSA) is 106 Å². The van der Waals surface area contributed by atoms with E-state index in [9.17, 15) is 5.26 Å². The molecule has 0 aliphatic heterocycles. The van der Waals surface area contributed by atoms with Crippen LogP contribution in [-0.2, 0) is 5.75 Å². The van der Waals surface area contributed by atoms with Crippen LogP contribution in [0.2, 0.25) is 0 Å². The van der Waals surface area contributed by atoms with Crippen LogP contribution >= 0.6 is 11.8 Å². The van der Waals surface area contributed by atoms with E-state index in [1.54, 1.807) is 30.5 Å². The van der Waals surface area contributed by atoms with E-state index in [1.165, 1.54) is 18.9 Å². The van der Waals surface area contributed by atoms with Crippen molar-refractivity contribution in [2.75, 3.05) is 20.3 Å². The predicted molar refractivity (Wildman–Crippen MR) is 136 cm³/mol. The van der Waals surface area contributed by atoms with E-state index in [2.05, 4.69) is 20.9 Å². The molecule has 0 atom stereocenters. The highest BCUT2D eigenvalue weighted by atomic mass is 32.2. The number of hydrogen-bond acceptors (Lipinski definition) is 8. The number of aromatic nitrogens is 2. The zero-order valence-electron chi connectivity index (χ0n) is 19.7. The molecule has 0 amide bonds. The number of rotatable bonds is 9. The van der Waals surface area contributed by atoms with Crippen LogP contribution in [0.15, 0.2) is 64.2 Å². The summed E-state index contributed by atoms with van der Waals surface area (Å²) in [6.07, 6.45) is 1.59. The molecule has 2 aromatic carbocycles. The van der Waals surface area contributed by atoms with Crippen LogP contribution in [-0.4, -0.2) is 35.4 Å². The first kappa shape index (κ1) is 24.8. The van der Waals surface area contributed by atoms with Gasteiger partial charge in [-0.2, -0.15) is 5.26 Å². The molecular weight excluding hydrogens is 476 g/mol. The van der Waals surface area contributed by atoms with E-state index in [0.29, 0.717) is 39.2 Å². The second-order valence-electron chi connectivity index (χ2n) is 7.64. The molecule has 0 saturated carbocycles. The number of benzene rings is 2. The van der Waals surface area contributed by atoms with Crippen LogP contribution in [0.5, 0.6) is 11.6 Å².